The highest BCUT2D eigenvalue weighted by atomic mass is 79.9. The van der Waals surface area contributed by atoms with Gasteiger partial charge in [-0.3, -0.25) is 9.59 Å². The zero-order valence-corrected chi connectivity index (χ0v) is 18.9. The molecule has 32 heavy (non-hydrogen) atoms. The van der Waals surface area contributed by atoms with Crippen molar-refractivity contribution in [2.45, 2.75) is 0 Å². The van der Waals surface area contributed by atoms with E-state index in [0.717, 1.165) is 10.0 Å². The molecule has 0 bridgehead atoms. The van der Waals surface area contributed by atoms with Gasteiger partial charge in [-0.15, -0.1) is 0 Å². The topological polar surface area (TPSA) is 103 Å². The zero-order valence-electron chi connectivity index (χ0n) is 17.3. The van der Waals surface area contributed by atoms with Crippen molar-refractivity contribution >= 4 is 50.9 Å². The molecule has 7 nitrogen and oxygen atoms in total. The van der Waals surface area contributed by atoms with Crippen molar-refractivity contribution in [2.24, 2.45) is 0 Å². The Morgan fingerprint density at radius 3 is 2.47 bits per heavy atom. The summed E-state index contributed by atoms with van der Waals surface area (Å²) in [6.07, 6.45) is 3.04. The van der Waals surface area contributed by atoms with Crippen LogP contribution in [0.15, 0.2) is 77.3 Å². The highest BCUT2D eigenvalue weighted by Crippen LogP contribution is 2.28. The maximum absolute atomic E-state index is 12.1. The molecule has 3 aromatic rings. The summed E-state index contributed by atoms with van der Waals surface area (Å²) in [7, 11) is 1.50. The number of hydrogen-bond donors (Lipinski definition) is 3. The van der Waals surface area contributed by atoms with Crippen molar-refractivity contribution in [3.05, 3.63) is 82.8 Å². The molecule has 8 heteroatoms. The lowest BCUT2D eigenvalue weighted by atomic mass is 10.2. The molecule has 0 aliphatic carbocycles. The van der Waals surface area contributed by atoms with E-state index in [4.69, 9.17) is 15.2 Å². The average Bonchev–Trinajstić information content (AvgIpc) is 2.79. The molecule has 0 saturated heterocycles. The van der Waals surface area contributed by atoms with Gasteiger partial charge in [-0.2, -0.15) is 0 Å². The summed E-state index contributed by atoms with van der Waals surface area (Å²) in [6.45, 7) is -0.178. The van der Waals surface area contributed by atoms with Crippen LogP contribution in [0.5, 0.6) is 11.5 Å². The fourth-order valence-electron chi connectivity index (χ4n) is 2.74. The fraction of sp³-hybridized carbons (Fsp3) is 0.0833. The first-order valence-corrected chi connectivity index (χ1v) is 10.4. The fourth-order valence-corrected chi connectivity index (χ4v) is 3.00. The number of nitrogens with two attached hydrogens (primary N) is 1. The summed E-state index contributed by atoms with van der Waals surface area (Å²) in [5.74, 6) is 0.246. The largest absolute Gasteiger partial charge is 0.493 e. The quantitative estimate of drug-likeness (QED) is 0.310. The molecule has 0 aliphatic heterocycles. The van der Waals surface area contributed by atoms with Gasteiger partial charge in [0.1, 0.15) is 0 Å². The van der Waals surface area contributed by atoms with E-state index in [1.807, 2.05) is 12.1 Å². The number of ether oxygens (including phenoxy) is 2. The first-order valence-electron chi connectivity index (χ1n) is 9.64. The van der Waals surface area contributed by atoms with Crippen LogP contribution in [0.3, 0.4) is 0 Å². The third-order valence-electron chi connectivity index (χ3n) is 4.32. The van der Waals surface area contributed by atoms with Gasteiger partial charge in [-0.25, -0.2) is 0 Å². The van der Waals surface area contributed by atoms with E-state index in [0.29, 0.717) is 28.6 Å². The molecule has 0 saturated carbocycles. The predicted molar refractivity (Wildman–Crippen MR) is 130 cm³/mol. The number of nitrogen functional groups attached to an aromatic ring is 1. The molecule has 0 heterocycles. The summed E-state index contributed by atoms with van der Waals surface area (Å²) < 4.78 is 11.9. The standard InChI is InChI=1S/C24H22BrN3O4/c1-31-22-14-16(7-13-23(29)28-20-5-3-2-4-19(20)26)6-12-21(22)32-15-24(30)27-18-10-8-17(25)9-11-18/h2-14H,15,26H2,1H3,(H,27,30)(H,28,29)/b13-7+. The summed E-state index contributed by atoms with van der Waals surface area (Å²) in [5, 5.41) is 5.48. The lowest BCUT2D eigenvalue weighted by molar-refractivity contribution is -0.118. The van der Waals surface area contributed by atoms with Gasteiger partial charge in [0, 0.05) is 16.2 Å². The summed E-state index contributed by atoms with van der Waals surface area (Å²) in [5.41, 5.74) is 8.26. The molecule has 3 aromatic carbocycles. The number of rotatable bonds is 8. The molecular weight excluding hydrogens is 474 g/mol. The Morgan fingerprint density at radius 1 is 1.00 bits per heavy atom. The van der Waals surface area contributed by atoms with Crippen LogP contribution < -0.4 is 25.8 Å². The molecular formula is C24H22BrN3O4. The van der Waals surface area contributed by atoms with Crippen LogP contribution in [-0.2, 0) is 9.59 Å². The van der Waals surface area contributed by atoms with Crippen LogP contribution in [0.2, 0.25) is 0 Å². The lowest BCUT2D eigenvalue weighted by Crippen LogP contribution is -2.20. The molecule has 2 amide bonds. The monoisotopic (exact) mass is 495 g/mol. The Hall–Kier alpha value is -3.78. The van der Waals surface area contributed by atoms with Gasteiger partial charge in [0.25, 0.3) is 5.91 Å². The van der Waals surface area contributed by atoms with Gasteiger partial charge in [0.2, 0.25) is 5.91 Å². The van der Waals surface area contributed by atoms with E-state index in [2.05, 4.69) is 26.6 Å². The number of hydrogen-bond acceptors (Lipinski definition) is 5. The second-order valence-electron chi connectivity index (χ2n) is 6.66. The normalized spacial score (nSPS) is 10.6. The number of benzene rings is 3. The SMILES string of the molecule is COc1cc(/C=C/C(=O)Nc2ccccc2N)ccc1OCC(=O)Nc1ccc(Br)cc1. The van der Waals surface area contributed by atoms with Crippen LogP contribution in [0.25, 0.3) is 6.08 Å². The molecule has 0 unspecified atom stereocenters. The van der Waals surface area contributed by atoms with Crippen LogP contribution in [0, 0.1) is 0 Å². The van der Waals surface area contributed by atoms with E-state index in [-0.39, 0.29) is 18.4 Å². The van der Waals surface area contributed by atoms with Gasteiger partial charge in [0.05, 0.1) is 18.5 Å². The second-order valence-corrected chi connectivity index (χ2v) is 7.58. The number of halogens is 1. The number of amides is 2. The second kappa shape index (κ2) is 11.0. The first-order chi connectivity index (χ1) is 15.4. The predicted octanol–water partition coefficient (Wildman–Crippen LogP) is 4.71. The third-order valence-corrected chi connectivity index (χ3v) is 4.85. The Kier molecular flexibility index (Phi) is 7.88. The van der Waals surface area contributed by atoms with Gasteiger partial charge >= 0.3 is 0 Å². The van der Waals surface area contributed by atoms with Crippen molar-refractivity contribution in [1.82, 2.24) is 0 Å². The van der Waals surface area contributed by atoms with E-state index in [1.165, 1.54) is 13.2 Å². The van der Waals surface area contributed by atoms with Crippen molar-refractivity contribution in [3.8, 4) is 11.5 Å². The van der Waals surface area contributed by atoms with Crippen LogP contribution in [-0.4, -0.2) is 25.5 Å². The molecule has 0 radical (unpaired) electrons. The smallest absolute Gasteiger partial charge is 0.262 e. The number of carbonyl (C=O) groups is 2. The number of methoxy groups -OCH3 is 1. The number of nitrogens with one attached hydrogen (secondary N) is 2. The lowest BCUT2D eigenvalue weighted by Gasteiger charge is -2.11. The van der Waals surface area contributed by atoms with E-state index >= 15 is 0 Å². The summed E-state index contributed by atoms with van der Waals surface area (Å²) in [4.78, 5) is 24.3. The zero-order chi connectivity index (χ0) is 22.9. The molecule has 0 spiro atoms. The van der Waals surface area contributed by atoms with Gasteiger partial charge in [-0.05, 0) is 60.2 Å². The number of carbonyl (C=O) groups excluding carboxylic acids is 2. The maximum atomic E-state index is 12.1. The van der Waals surface area contributed by atoms with E-state index in [9.17, 15) is 9.59 Å². The molecule has 0 atom stereocenters. The average molecular weight is 496 g/mol. The van der Waals surface area contributed by atoms with Gasteiger partial charge < -0.3 is 25.8 Å². The molecule has 0 aromatic heterocycles. The molecule has 0 fully saturated rings. The molecule has 164 valence electrons. The Balaban J connectivity index is 1.58. The van der Waals surface area contributed by atoms with Crippen molar-refractivity contribution in [1.29, 1.82) is 0 Å². The number of para-hydroxylation sites is 2. The molecule has 3 rings (SSSR count). The van der Waals surface area contributed by atoms with Crippen LogP contribution >= 0.6 is 15.9 Å². The van der Waals surface area contributed by atoms with Crippen LogP contribution in [0.4, 0.5) is 17.1 Å². The minimum absolute atomic E-state index is 0.178. The molecule has 0 aliphatic rings. The van der Waals surface area contributed by atoms with Crippen molar-refractivity contribution in [2.75, 3.05) is 30.1 Å². The minimum Gasteiger partial charge on any atom is -0.493 e. The van der Waals surface area contributed by atoms with Crippen LogP contribution in [0.1, 0.15) is 5.56 Å². The summed E-state index contributed by atoms with van der Waals surface area (Å²) >= 11 is 3.35. The first kappa shape index (κ1) is 22.9. The van der Waals surface area contributed by atoms with Crippen molar-refractivity contribution in [3.63, 3.8) is 0 Å². The van der Waals surface area contributed by atoms with Gasteiger partial charge in [0.15, 0.2) is 18.1 Å². The molecule has 4 N–H and O–H groups in total. The number of anilines is 3. The highest BCUT2D eigenvalue weighted by Gasteiger charge is 2.09. The van der Waals surface area contributed by atoms with E-state index in [1.54, 1.807) is 60.7 Å². The third kappa shape index (κ3) is 6.61. The highest BCUT2D eigenvalue weighted by molar-refractivity contribution is 9.10. The Labute approximate surface area is 194 Å². The van der Waals surface area contributed by atoms with E-state index < -0.39 is 0 Å². The summed E-state index contributed by atoms with van der Waals surface area (Å²) in [6, 6.07) is 19.4. The Bertz CT molecular complexity index is 1130. The Morgan fingerprint density at radius 2 is 1.75 bits per heavy atom. The van der Waals surface area contributed by atoms with Crippen molar-refractivity contribution < 1.29 is 19.1 Å². The maximum Gasteiger partial charge on any atom is 0.262 e. The van der Waals surface area contributed by atoms with Gasteiger partial charge in [-0.1, -0.05) is 34.1 Å². The minimum atomic E-state index is -0.313.